The quantitative estimate of drug-likeness (QED) is 0.689. The van der Waals surface area contributed by atoms with Crippen molar-refractivity contribution in [2.24, 2.45) is 0 Å². The van der Waals surface area contributed by atoms with Gasteiger partial charge in [0, 0.05) is 16.6 Å². The summed E-state index contributed by atoms with van der Waals surface area (Å²) in [6, 6.07) is 5.55. The summed E-state index contributed by atoms with van der Waals surface area (Å²) in [7, 11) is 0. The maximum absolute atomic E-state index is 11.1. The van der Waals surface area contributed by atoms with Crippen LogP contribution in [0.4, 0.5) is 5.69 Å². The number of benzene rings is 1. The molecule has 4 heteroatoms. The molecule has 70 valence electrons. The van der Waals surface area contributed by atoms with Crippen LogP contribution in [0.15, 0.2) is 22.7 Å². The van der Waals surface area contributed by atoms with Crippen LogP contribution >= 0.6 is 31.9 Å². The third kappa shape index (κ3) is 3.12. The van der Waals surface area contributed by atoms with Gasteiger partial charge in [0.25, 0.3) is 0 Å². The molecule has 0 amide bonds. The molecular weight excluding hydrogens is 298 g/mol. The predicted octanol–water partition coefficient (Wildman–Crippen LogP) is 2.54. The minimum absolute atomic E-state index is 0.154. The molecule has 2 N–H and O–H groups in total. The molecule has 0 bridgehead atoms. The van der Waals surface area contributed by atoms with Gasteiger partial charge in [-0.2, -0.15) is 0 Å². The third-order valence-corrected chi connectivity index (χ3v) is 2.96. The molecule has 0 aliphatic carbocycles. The van der Waals surface area contributed by atoms with Crippen LogP contribution in [0.2, 0.25) is 0 Å². The van der Waals surface area contributed by atoms with Gasteiger partial charge >= 0.3 is 0 Å². The lowest BCUT2D eigenvalue weighted by Crippen LogP contribution is -2.03. The molecule has 0 radical (unpaired) electrons. The largest absolute Gasteiger partial charge is 0.398 e. The Balaban J connectivity index is 2.79. The number of carbonyl (C=O) groups is 1. The average Bonchev–Trinajstić information content (AvgIpc) is 2.11. The molecule has 0 unspecified atom stereocenters. The van der Waals surface area contributed by atoms with Gasteiger partial charge < -0.3 is 5.73 Å². The topological polar surface area (TPSA) is 43.1 Å². The molecule has 0 aliphatic heterocycles. The van der Waals surface area contributed by atoms with Crippen molar-refractivity contribution in [1.82, 2.24) is 0 Å². The molecule has 0 aromatic heterocycles. The second-order valence-corrected chi connectivity index (χ2v) is 4.12. The molecule has 0 atom stereocenters. The smallest absolute Gasteiger partial charge is 0.147 e. The van der Waals surface area contributed by atoms with Crippen LogP contribution in [0.3, 0.4) is 0 Å². The van der Waals surface area contributed by atoms with Gasteiger partial charge in [-0.05, 0) is 33.6 Å². The third-order valence-electron chi connectivity index (χ3n) is 1.61. The number of halogens is 2. The molecule has 1 aromatic carbocycles. The summed E-state index contributed by atoms with van der Waals surface area (Å²) in [6.07, 6.45) is 0.433. The second-order valence-electron chi connectivity index (χ2n) is 2.70. The normalized spacial score (nSPS) is 10.0. The molecule has 0 saturated carbocycles. The standard InChI is InChI=1S/C9H9Br2NO/c10-5-7(13)3-6-1-2-8(11)9(12)4-6/h1-2,4H,3,5,12H2. The fourth-order valence-electron chi connectivity index (χ4n) is 0.978. The first-order valence-corrected chi connectivity index (χ1v) is 5.66. The summed E-state index contributed by atoms with van der Waals surface area (Å²) in [5.74, 6) is 0.154. The zero-order valence-corrected chi connectivity index (χ0v) is 10.1. The molecule has 13 heavy (non-hydrogen) atoms. The Morgan fingerprint density at radius 2 is 2.15 bits per heavy atom. The molecule has 1 aromatic rings. The van der Waals surface area contributed by atoms with Crippen LogP contribution in [-0.2, 0) is 11.2 Å². The number of hydrogen-bond donors (Lipinski definition) is 1. The highest BCUT2D eigenvalue weighted by Crippen LogP contribution is 2.20. The monoisotopic (exact) mass is 305 g/mol. The van der Waals surface area contributed by atoms with Crippen molar-refractivity contribution in [3.05, 3.63) is 28.2 Å². The minimum atomic E-state index is 0.154. The summed E-state index contributed by atoms with van der Waals surface area (Å²) in [4.78, 5) is 11.1. The van der Waals surface area contributed by atoms with Crippen molar-refractivity contribution >= 4 is 43.3 Å². The molecule has 2 nitrogen and oxygen atoms in total. The van der Waals surface area contributed by atoms with E-state index in [1.54, 1.807) is 0 Å². The Kier molecular flexibility index (Phi) is 3.93. The van der Waals surface area contributed by atoms with Crippen LogP contribution in [-0.4, -0.2) is 11.1 Å². The Morgan fingerprint density at radius 1 is 1.46 bits per heavy atom. The summed E-state index contributed by atoms with van der Waals surface area (Å²) >= 11 is 6.41. The van der Waals surface area contributed by atoms with Gasteiger partial charge in [0.15, 0.2) is 0 Å². The number of rotatable bonds is 3. The van der Waals surface area contributed by atoms with Crippen molar-refractivity contribution in [2.75, 3.05) is 11.1 Å². The van der Waals surface area contributed by atoms with E-state index in [4.69, 9.17) is 5.73 Å². The fourth-order valence-corrected chi connectivity index (χ4v) is 1.42. The van der Waals surface area contributed by atoms with Gasteiger partial charge in [-0.1, -0.05) is 22.0 Å². The van der Waals surface area contributed by atoms with E-state index in [-0.39, 0.29) is 5.78 Å². The summed E-state index contributed by atoms with van der Waals surface area (Å²) in [5, 5.41) is 0.392. The van der Waals surface area contributed by atoms with Gasteiger partial charge in [0.2, 0.25) is 0 Å². The van der Waals surface area contributed by atoms with Crippen LogP contribution in [0, 0.1) is 0 Å². The van der Waals surface area contributed by atoms with E-state index in [1.807, 2.05) is 18.2 Å². The van der Waals surface area contributed by atoms with Crippen LogP contribution in [0.5, 0.6) is 0 Å². The molecule has 1 rings (SSSR count). The van der Waals surface area contributed by atoms with Crippen molar-refractivity contribution in [3.63, 3.8) is 0 Å². The van der Waals surface area contributed by atoms with Crippen LogP contribution < -0.4 is 5.73 Å². The van der Waals surface area contributed by atoms with E-state index in [0.717, 1.165) is 10.0 Å². The van der Waals surface area contributed by atoms with E-state index in [9.17, 15) is 4.79 Å². The van der Waals surface area contributed by atoms with Gasteiger partial charge in [-0.25, -0.2) is 0 Å². The maximum Gasteiger partial charge on any atom is 0.147 e. The fraction of sp³-hybridized carbons (Fsp3) is 0.222. The van der Waals surface area contributed by atoms with Crippen molar-refractivity contribution in [3.8, 4) is 0 Å². The number of ketones is 1. The lowest BCUT2D eigenvalue weighted by molar-refractivity contribution is -0.115. The molecule has 0 spiro atoms. The van der Waals surface area contributed by atoms with E-state index in [2.05, 4.69) is 31.9 Å². The first-order valence-electron chi connectivity index (χ1n) is 3.75. The van der Waals surface area contributed by atoms with Gasteiger partial charge in [-0.15, -0.1) is 0 Å². The summed E-state index contributed by atoms with van der Waals surface area (Å²) in [6.45, 7) is 0. The minimum Gasteiger partial charge on any atom is -0.398 e. The van der Waals surface area contributed by atoms with Gasteiger partial charge in [-0.3, -0.25) is 4.79 Å². The van der Waals surface area contributed by atoms with Crippen molar-refractivity contribution in [2.45, 2.75) is 6.42 Å². The first-order chi connectivity index (χ1) is 6.13. The Hall–Kier alpha value is -0.350. The van der Waals surface area contributed by atoms with Crippen molar-refractivity contribution in [1.29, 1.82) is 0 Å². The first kappa shape index (κ1) is 10.7. The van der Waals surface area contributed by atoms with Crippen molar-refractivity contribution < 1.29 is 4.79 Å². The lowest BCUT2D eigenvalue weighted by Gasteiger charge is -2.02. The number of anilines is 1. The van der Waals surface area contributed by atoms with Crippen LogP contribution in [0.25, 0.3) is 0 Å². The number of nitrogens with two attached hydrogens (primary N) is 1. The molecule has 0 aliphatic rings. The second kappa shape index (κ2) is 4.77. The zero-order valence-electron chi connectivity index (χ0n) is 6.89. The Morgan fingerprint density at radius 3 is 2.69 bits per heavy atom. The highest BCUT2D eigenvalue weighted by molar-refractivity contribution is 9.10. The highest BCUT2D eigenvalue weighted by Gasteiger charge is 2.03. The molecular formula is C9H9Br2NO. The predicted molar refractivity (Wildman–Crippen MR) is 61.1 cm³/mol. The number of hydrogen-bond acceptors (Lipinski definition) is 2. The van der Waals surface area contributed by atoms with Gasteiger partial charge in [0.05, 0.1) is 5.33 Å². The summed E-state index contributed by atoms with van der Waals surface area (Å²) in [5.41, 5.74) is 7.28. The number of alkyl halides is 1. The van der Waals surface area contributed by atoms with E-state index in [1.165, 1.54) is 0 Å². The number of Topliss-reactive ketones (excluding diaryl/α,β-unsaturated/α-hetero) is 1. The van der Waals surface area contributed by atoms with Crippen LogP contribution in [0.1, 0.15) is 5.56 Å². The SMILES string of the molecule is Nc1cc(CC(=O)CBr)ccc1Br. The van der Waals surface area contributed by atoms with E-state index in [0.29, 0.717) is 17.4 Å². The average molecular weight is 307 g/mol. The molecule has 0 heterocycles. The number of nitrogen functional groups attached to an aromatic ring is 1. The highest BCUT2D eigenvalue weighted by atomic mass is 79.9. The zero-order chi connectivity index (χ0) is 9.84. The Bertz CT molecular complexity index is 325. The van der Waals surface area contributed by atoms with E-state index >= 15 is 0 Å². The molecule has 0 saturated heterocycles. The maximum atomic E-state index is 11.1. The summed E-state index contributed by atoms with van der Waals surface area (Å²) < 4.78 is 0.863. The van der Waals surface area contributed by atoms with E-state index < -0.39 is 0 Å². The number of carbonyl (C=O) groups excluding carboxylic acids is 1. The van der Waals surface area contributed by atoms with Gasteiger partial charge in [0.1, 0.15) is 5.78 Å². The Labute approximate surface area is 93.8 Å². The lowest BCUT2D eigenvalue weighted by atomic mass is 10.1. The molecule has 0 fully saturated rings.